The lowest BCUT2D eigenvalue weighted by atomic mass is 9.87. The minimum atomic E-state index is -0.512. The number of para-hydroxylation sites is 1. The Balaban J connectivity index is 2.24. The van der Waals surface area contributed by atoms with Gasteiger partial charge >= 0.3 is 0 Å². The third kappa shape index (κ3) is 2.49. The van der Waals surface area contributed by atoms with Gasteiger partial charge in [-0.05, 0) is 26.0 Å². The Labute approximate surface area is 107 Å². The molecule has 1 aromatic rings. The second-order valence-electron chi connectivity index (χ2n) is 4.75. The summed E-state index contributed by atoms with van der Waals surface area (Å²) in [7, 11) is 0. The summed E-state index contributed by atoms with van der Waals surface area (Å²) in [5, 5.41) is 8.57. The van der Waals surface area contributed by atoms with Gasteiger partial charge in [-0.25, -0.2) is 0 Å². The van der Waals surface area contributed by atoms with Gasteiger partial charge in [0.2, 0.25) is 0 Å². The van der Waals surface area contributed by atoms with Crippen molar-refractivity contribution in [2.24, 2.45) is 16.0 Å². The fraction of sp³-hybridized carbons (Fsp3) is 0.286. The lowest BCUT2D eigenvalue weighted by Gasteiger charge is -2.28. The number of benzene rings is 1. The number of allylic oxidation sites excluding steroid dienone is 2. The monoisotopic (exact) mass is 242 g/mol. The summed E-state index contributed by atoms with van der Waals surface area (Å²) in [5.74, 6) is 0. The topological polar surface area (TPSA) is 76.8 Å². The third-order valence-electron chi connectivity index (χ3n) is 3.11. The standard InChI is InChI=1S/C14H18N4/c1-10-7-8-14(2,13(16)9-10)18-17-12-6-4-3-5-11(12)15/h3-9,13H,15-16H2,1-2H3/b18-17+. The summed E-state index contributed by atoms with van der Waals surface area (Å²) in [6.45, 7) is 3.97. The first kappa shape index (κ1) is 12.5. The fourth-order valence-electron chi connectivity index (χ4n) is 1.76. The van der Waals surface area contributed by atoms with Crippen molar-refractivity contribution in [3.05, 3.63) is 48.1 Å². The lowest BCUT2D eigenvalue weighted by Crippen LogP contribution is -2.42. The van der Waals surface area contributed by atoms with Crippen LogP contribution < -0.4 is 11.5 Å². The van der Waals surface area contributed by atoms with Crippen LogP contribution in [0.2, 0.25) is 0 Å². The largest absolute Gasteiger partial charge is 0.397 e. The van der Waals surface area contributed by atoms with Crippen molar-refractivity contribution < 1.29 is 0 Å². The molecular formula is C14H18N4. The minimum Gasteiger partial charge on any atom is -0.397 e. The molecule has 4 heteroatoms. The average Bonchev–Trinajstić information content (AvgIpc) is 2.34. The van der Waals surface area contributed by atoms with Crippen molar-refractivity contribution in [3.63, 3.8) is 0 Å². The van der Waals surface area contributed by atoms with Gasteiger partial charge in [0.1, 0.15) is 11.2 Å². The number of rotatable bonds is 2. The van der Waals surface area contributed by atoms with E-state index in [9.17, 15) is 0 Å². The van der Waals surface area contributed by atoms with Gasteiger partial charge in [0.05, 0.1) is 11.7 Å². The predicted molar refractivity (Wildman–Crippen MR) is 74.6 cm³/mol. The molecule has 2 rings (SSSR count). The minimum absolute atomic E-state index is 0.170. The van der Waals surface area contributed by atoms with Crippen molar-refractivity contribution in [2.45, 2.75) is 25.4 Å². The highest BCUT2D eigenvalue weighted by atomic mass is 15.2. The molecule has 1 aromatic carbocycles. The van der Waals surface area contributed by atoms with Crippen molar-refractivity contribution in [1.29, 1.82) is 0 Å². The molecule has 2 unspecified atom stereocenters. The number of nitrogens with two attached hydrogens (primary N) is 2. The highest BCUT2D eigenvalue weighted by Crippen LogP contribution is 2.28. The van der Waals surface area contributed by atoms with Gasteiger partial charge in [-0.15, -0.1) is 0 Å². The van der Waals surface area contributed by atoms with Gasteiger partial charge in [-0.2, -0.15) is 10.2 Å². The summed E-state index contributed by atoms with van der Waals surface area (Å²) in [5.41, 5.74) is 13.8. The Bertz CT molecular complexity index is 530. The molecule has 4 nitrogen and oxygen atoms in total. The molecular weight excluding hydrogens is 224 g/mol. The molecule has 1 aliphatic rings. The first-order valence-corrected chi connectivity index (χ1v) is 5.92. The van der Waals surface area contributed by atoms with E-state index < -0.39 is 5.54 Å². The SMILES string of the molecule is CC1=CC(N)C(C)(/N=N/c2ccccc2N)C=C1. The van der Waals surface area contributed by atoms with Gasteiger partial charge in [-0.1, -0.05) is 35.9 Å². The van der Waals surface area contributed by atoms with Gasteiger partial charge in [0, 0.05) is 0 Å². The fourth-order valence-corrected chi connectivity index (χ4v) is 1.76. The van der Waals surface area contributed by atoms with E-state index in [4.69, 9.17) is 11.5 Å². The van der Waals surface area contributed by atoms with E-state index in [0.717, 1.165) is 5.57 Å². The number of hydrogen-bond acceptors (Lipinski definition) is 4. The van der Waals surface area contributed by atoms with Crippen LogP contribution in [0, 0.1) is 0 Å². The Hall–Kier alpha value is -1.94. The van der Waals surface area contributed by atoms with Crippen molar-refractivity contribution in [3.8, 4) is 0 Å². The molecule has 0 amide bonds. The molecule has 0 aliphatic heterocycles. The molecule has 0 fully saturated rings. The Morgan fingerprint density at radius 3 is 2.67 bits per heavy atom. The third-order valence-corrected chi connectivity index (χ3v) is 3.11. The normalized spacial score (nSPS) is 27.5. The number of nitrogens with zero attached hydrogens (tertiary/aromatic N) is 2. The molecule has 94 valence electrons. The maximum absolute atomic E-state index is 6.09. The van der Waals surface area contributed by atoms with E-state index >= 15 is 0 Å². The molecule has 18 heavy (non-hydrogen) atoms. The maximum atomic E-state index is 6.09. The lowest BCUT2D eigenvalue weighted by molar-refractivity contribution is 0.493. The van der Waals surface area contributed by atoms with Crippen LogP contribution >= 0.6 is 0 Å². The highest BCUT2D eigenvalue weighted by molar-refractivity contribution is 5.61. The van der Waals surface area contributed by atoms with Crippen LogP contribution in [0.15, 0.2) is 58.3 Å². The summed E-state index contributed by atoms with van der Waals surface area (Å²) < 4.78 is 0. The summed E-state index contributed by atoms with van der Waals surface area (Å²) in [6, 6.07) is 7.22. The van der Waals surface area contributed by atoms with E-state index in [1.807, 2.05) is 50.3 Å². The second kappa shape index (κ2) is 4.74. The highest BCUT2D eigenvalue weighted by Gasteiger charge is 2.29. The molecule has 0 bridgehead atoms. The summed E-state index contributed by atoms with van der Waals surface area (Å²) in [4.78, 5) is 0. The smallest absolute Gasteiger partial charge is 0.116 e. The van der Waals surface area contributed by atoms with E-state index in [0.29, 0.717) is 11.4 Å². The van der Waals surface area contributed by atoms with Crippen molar-refractivity contribution >= 4 is 11.4 Å². The quantitative estimate of drug-likeness (QED) is 0.618. The molecule has 0 saturated carbocycles. The molecule has 0 aromatic heterocycles. The van der Waals surface area contributed by atoms with Crippen LogP contribution in [0.1, 0.15) is 13.8 Å². The van der Waals surface area contributed by atoms with Crippen LogP contribution in [0.5, 0.6) is 0 Å². The van der Waals surface area contributed by atoms with Crippen LogP contribution in [-0.2, 0) is 0 Å². The van der Waals surface area contributed by atoms with Gasteiger partial charge in [-0.3, -0.25) is 0 Å². The van der Waals surface area contributed by atoms with Crippen LogP contribution in [-0.4, -0.2) is 11.6 Å². The van der Waals surface area contributed by atoms with E-state index in [-0.39, 0.29) is 6.04 Å². The average molecular weight is 242 g/mol. The predicted octanol–water partition coefficient (Wildman–Crippen LogP) is 2.95. The summed E-state index contributed by atoms with van der Waals surface area (Å²) >= 11 is 0. The van der Waals surface area contributed by atoms with Gasteiger partial charge < -0.3 is 11.5 Å². The molecule has 2 atom stereocenters. The van der Waals surface area contributed by atoms with Crippen molar-refractivity contribution in [1.82, 2.24) is 0 Å². The summed E-state index contributed by atoms with van der Waals surface area (Å²) in [6.07, 6.45) is 5.99. The molecule has 1 aliphatic carbocycles. The first-order valence-electron chi connectivity index (χ1n) is 5.92. The van der Waals surface area contributed by atoms with E-state index in [2.05, 4.69) is 10.2 Å². The number of hydrogen-bond donors (Lipinski definition) is 2. The molecule has 0 radical (unpaired) electrons. The Morgan fingerprint density at radius 2 is 2.00 bits per heavy atom. The zero-order valence-electron chi connectivity index (χ0n) is 10.7. The molecule has 0 heterocycles. The number of azo groups is 1. The van der Waals surface area contributed by atoms with Gasteiger partial charge in [0.15, 0.2) is 0 Å². The van der Waals surface area contributed by atoms with Crippen LogP contribution in [0.4, 0.5) is 11.4 Å². The van der Waals surface area contributed by atoms with E-state index in [1.165, 1.54) is 0 Å². The molecule has 4 N–H and O–H groups in total. The Morgan fingerprint density at radius 1 is 1.28 bits per heavy atom. The molecule has 0 spiro atoms. The van der Waals surface area contributed by atoms with E-state index in [1.54, 1.807) is 6.07 Å². The number of anilines is 1. The van der Waals surface area contributed by atoms with Crippen LogP contribution in [0.3, 0.4) is 0 Å². The van der Waals surface area contributed by atoms with Crippen LogP contribution in [0.25, 0.3) is 0 Å². The van der Waals surface area contributed by atoms with Gasteiger partial charge in [0.25, 0.3) is 0 Å². The number of nitrogen functional groups attached to an aromatic ring is 1. The molecule has 0 saturated heterocycles. The maximum Gasteiger partial charge on any atom is 0.116 e. The van der Waals surface area contributed by atoms with Crippen molar-refractivity contribution in [2.75, 3.05) is 5.73 Å². The zero-order valence-corrected chi connectivity index (χ0v) is 10.7. The second-order valence-corrected chi connectivity index (χ2v) is 4.75. The first-order chi connectivity index (χ1) is 8.51. The Kier molecular flexibility index (Phi) is 3.30. The zero-order chi connectivity index (χ0) is 13.2.